The Morgan fingerprint density at radius 3 is 2.88 bits per heavy atom. The van der Waals surface area contributed by atoms with Gasteiger partial charge in [0.05, 0.1) is 17.4 Å². The number of amides is 1. The van der Waals surface area contributed by atoms with E-state index < -0.39 is 5.91 Å². The highest BCUT2D eigenvalue weighted by Crippen LogP contribution is 2.15. The predicted octanol–water partition coefficient (Wildman–Crippen LogP) is 0.754. The molecule has 17 heavy (non-hydrogen) atoms. The lowest BCUT2D eigenvalue weighted by Crippen LogP contribution is -2.17. The highest BCUT2D eigenvalue weighted by molar-refractivity contribution is 6.34. The Labute approximate surface area is 101 Å². The summed E-state index contributed by atoms with van der Waals surface area (Å²) in [7, 11) is 0. The predicted molar refractivity (Wildman–Crippen MR) is 61.4 cm³/mol. The number of carbonyl (C=O) groups is 1. The van der Waals surface area contributed by atoms with E-state index in [2.05, 4.69) is 25.5 Å². The third-order valence-electron chi connectivity index (χ3n) is 1.79. The fraction of sp³-hybridized carbons (Fsp3) is 0. The van der Waals surface area contributed by atoms with Crippen molar-refractivity contribution >= 4 is 29.3 Å². The van der Waals surface area contributed by atoms with Crippen molar-refractivity contribution in [2.24, 2.45) is 0 Å². The van der Waals surface area contributed by atoms with Gasteiger partial charge >= 0.3 is 0 Å². The van der Waals surface area contributed by atoms with Crippen LogP contribution < -0.4 is 11.1 Å². The Hall–Kier alpha value is -2.28. The first-order chi connectivity index (χ1) is 8.16. The van der Waals surface area contributed by atoms with Crippen molar-refractivity contribution in [3.8, 4) is 0 Å². The van der Waals surface area contributed by atoms with E-state index in [1.54, 1.807) is 0 Å². The van der Waals surface area contributed by atoms with Crippen LogP contribution in [0.4, 0.5) is 11.8 Å². The SMILES string of the molecule is Nc1ccc(Cl)c(C(=O)Nc2nccnn2)n1. The Balaban J connectivity index is 2.23. The third-order valence-corrected chi connectivity index (χ3v) is 2.10. The van der Waals surface area contributed by atoms with Gasteiger partial charge in [0.2, 0.25) is 5.95 Å². The molecule has 0 fully saturated rings. The molecule has 0 spiro atoms. The van der Waals surface area contributed by atoms with Gasteiger partial charge in [-0.3, -0.25) is 10.1 Å². The van der Waals surface area contributed by atoms with E-state index in [-0.39, 0.29) is 22.5 Å². The van der Waals surface area contributed by atoms with Crippen LogP contribution in [0.1, 0.15) is 10.5 Å². The smallest absolute Gasteiger partial charge is 0.278 e. The molecular weight excluding hydrogens is 244 g/mol. The molecule has 0 unspecified atom stereocenters. The molecule has 2 rings (SSSR count). The van der Waals surface area contributed by atoms with Crippen LogP contribution in [-0.2, 0) is 0 Å². The summed E-state index contributed by atoms with van der Waals surface area (Å²) in [5.74, 6) is -0.278. The molecule has 2 aromatic rings. The van der Waals surface area contributed by atoms with E-state index in [0.717, 1.165) is 0 Å². The first-order valence-corrected chi connectivity index (χ1v) is 4.91. The maximum Gasteiger partial charge on any atom is 0.278 e. The summed E-state index contributed by atoms with van der Waals surface area (Å²) in [6.45, 7) is 0. The van der Waals surface area contributed by atoms with Gasteiger partial charge in [-0.2, -0.15) is 5.10 Å². The van der Waals surface area contributed by atoms with Gasteiger partial charge in [0.25, 0.3) is 5.91 Å². The van der Waals surface area contributed by atoms with E-state index in [0.29, 0.717) is 0 Å². The van der Waals surface area contributed by atoms with Gasteiger partial charge in [-0.15, -0.1) is 5.10 Å². The number of nitrogen functional groups attached to an aromatic ring is 1. The molecule has 8 heteroatoms. The largest absolute Gasteiger partial charge is 0.384 e. The quantitative estimate of drug-likeness (QED) is 0.815. The number of anilines is 2. The number of pyridine rings is 1. The number of halogens is 1. The molecule has 0 saturated heterocycles. The standard InChI is InChI=1S/C9H7ClN6O/c10-5-1-2-6(11)14-7(5)8(17)15-9-12-3-4-13-16-9/h1-4H,(H2,11,14)(H,12,15,16,17). The van der Waals surface area contributed by atoms with Crippen LogP contribution >= 0.6 is 11.6 Å². The van der Waals surface area contributed by atoms with Crippen molar-refractivity contribution in [1.82, 2.24) is 20.2 Å². The number of carbonyl (C=O) groups excluding carboxylic acids is 1. The second kappa shape index (κ2) is 4.71. The molecule has 0 aliphatic rings. The fourth-order valence-corrected chi connectivity index (χ4v) is 1.27. The fourth-order valence-electron chi connectivity index (χ4n) is 1.08. The van der Waals surface area contributed by atoms with Crippen LogP contribution in [-0.4, -0.2) is 26.1 Å². The molecular formula is C9H7ClN6O. The minimum Gasteiger partial charge on any atom is -0.384 e. The first kappa shape index (κ1) is 11.2. The van der Waals surface area contributed by atoms with Crippen LogP contribution in [0.2, 0.25) is 5.02 Å². The Morgan fingerprint density at radius 2 is 2.18 bits per heavy atom. The number of nitrogens with zero attached hydrogens (tertiary/aromatic N) is 4. The second-order valence-corrected chi connectivity index (χ2v) is 3.39. The molecule has 2 heterocycles. The number of nitrogens with one attached hydrogen (secondary N) is 1. The normalized spacial score (nSPS) is 9.94. The van der Waals surface area contributed by atoms with Crippen LogP contribution in [0, 0.1) is 0 Å². The first-order valence-electron chi connectivity index (χ1n) is 4.54. The maximum atomic E-state index is 11.8. The van der Waals surface area contributed by atoms with Crippen LogP contribution in [0.3, 0.4) is 0 Å². The zero-order chi connectivity index (χ0) is 12.3. The number of nitrogens with two attached hydrogens (primary N) is 1. The van der Waals surface area contributed by atoms with Gasteiger partial charge < -0.3 is 5.73 Å². The lowest BCUT2D eigenvalue weighted by Gasteiger charge is -2.04. The van der Waals surface area contributed by atoms with Gasteiger partial charge in [0.15, 0.2) is 0 Å². The molecule has 0 aliphatic carbocycles. The van der Waals surface area contributed by atoms with E-state index in [1.807, 2.05) is 0 Å². The van der Waals surface area contributed by atoms with Crippen molar-refractivity contribution in [2.45, 2.75) is 0 Å². The summed E-state index contributed by atoms with van der Waals surface area (Å²) < 4.78 is 0. The monoisotopic (exact) mass is 250 g/mol. The lowest BCUT2D eigenvalue weighted by atomic mass is 10.3. The van der Waals surface area contributed by atoms with E-state index in [4.69, 9.17) is 17.3 Å². The van der Waals surface area contributed by atoms with Crippen molar-refractivity contribution in [3.63, 3.8) is 0 Å². The van der Waals surface area contributed by atoms with Gasteiger partial charge in [0, 0.05) is 0 Å². The van der Waals surface area contributed by atoms with Crippen molar-refractivity contribution < 1.29 is 4.79 Å². The average molecular weight is 251 g/mol. The van der Waals surface area contributed by atoms with Crippen LogP contribution in [0.15, 0.2) is 24.5 Å². The molecule has 2 aromatic heterocycles. The Kier molecular flexibility index (Phi) is 3.10. The number of rotatable bonds is 2. The summed E-state index contributed by atoms with van der Waals surface area (Å²) in [6.07, 6.45) is 2.79. The molecule has 0 aromatic carbocycles. The summed E-state index contributed by atoms with van der Waals surface area (Å²) in [6, 6.07) is 2.99. The van der Waals surface area contributed by atoms with E-state index >= 15 is 0 Å². The second-order valence-electron chi connectivity index (χ2n) is 2.99. The molecule has 0 aliphatic heterocycles. The molecule has 86 valence electrons. The number of hydrogen-bond acceptors (Lipinski definition) is 6. The highest BCUT2D eigenvalue weighted by Gasteiger charge is 2.13. The number of hydrogen-bond donors (Lipinski definition) is 2. The van der Waals surface area contributed by atoms with Crippen molar-refractivity contribution in [3.05, 3.63) is 35.2 Å². The molecule has 0 atom stereocenters. The minimum atomic E-state index is -0.546. The van der Waals surface area contributed by atoms with E-state index in [1.165, 1.54) is 24.5 Å². The summed E-state index contributed by atoms with van der Waals surface area (Å²) in [4.78, 5) is 19.4. The third kappa shape index (κ3) is 2.64. The summed E-state index contributed by atoms with van der Waals surface area (Å²) in [5, 5.41) is 9.76. The van der Waals surface area contributed by atoms with E-state index in [9.17, 15) is 4.79 Å². The van der Waals surface area contributed by atoms with Crippen LogP contribution in [0.25, 0.3) is 0 Å². The zero-order valence-electron chi connectivity index (χ0n) is 8.46. The molecule has 0 bridgehead atoms. The highest BCUT2D eigenvalue weighted by atomic mass is 35.5. The lowest BCUT2D eigenvalue weighted by molar-refractivity contribution is 0.102. The topological polar surface area (TPSA) is 107 Å². The maximum absolute atomic E-state index is 11.8. The summed E-state index contributed by atoms with van der Waals surface area (Å²) in [5.41, 5.74) is 5.48. The van der Waals surface area contributed by atoms with Gasteiger partial charge in [-0.1, -0.05) is 11.6 Å². The van der Waals surface area contributed by atoms with Gasteiger partial charge in [-0.25, -0.2) is 9.97 Å². The molecule has 3 N–H and O–H groups in total. The molecule has 1 amide bonds. The Morgan fingerprint density at radius 1 is 1.35 bits per heavy atom. The minimum absolute atomic E-state index is 0.0131. The van der Waals surface area contributed by atoms with Crippen molar-refractivity contribution in [1.29, 1.82) is 0 Å². The van der Waals surface area contributed by atoms with Gasteiger partial charge in [-0.05, 0) is 12.1 Å². The van der Waals surface area contributed by atoms with Gasteiger partial charge in [0.1, 0.15) is 11.5 Å². The number of aromatic nitrogens is 4. The molecule has 7 nitrogen and oxygen atoms in total. The average Bonchev–Trinajstić information content (AvgIpc) is 2.33. The molecule has 0 saturated carbocycles. The van der Waals surface area contributed by atoms with Crippen molar-refractivity contribution in [2.75, 3.05) is 11.1 Å². The Bertz CT molecular complexity index is 546. The van der Waals surface area contributed by atoms with Crippen LogP contribution in [0.5, 0.6) is 0 Å². The zero-order valence-corrected chi connectivity index (χ0v) is 9.22. The molecule has 0 radical (unpaired) electrons. The summed E-state index contributed by atoms with van der Waals surface area (Å²) >= 11 is 5.82.